The van der Waals surface area contributed by atoms with Crippen molar-refractivity contribution in [3.8, 4) is 17.2 Å². The SMILES string of the molecule is COc1ccc(C(=O)Nc2ccc(O)cc2F)c(O)c1. The van der Waals surface area contributed by atoms with Gasteiger partial charge in [0, 0.05) is 12.1 Å². The molecule has 1 amide bonds. The molecule has 0 aliphatic heterocycles. The first-order valence-electron chi connectivity index (χ1n) is 5.68. The predicted molar refractivity (Wildman–Crippen MR) is 70.7 cm³/mol. The van der Waals surface area contributed by atoms with E-state index in [1.165, 1.54) is 37.4 Å². The van der Waals surface area contributed by atoms with Gasteiger partial charge in [0.25, 0.3) is 5.91 Å². The fraction of sp³-hybridized carbons (Fsp3) is 0.0714. The molecule has 0 saturated heterocycles. The van der Waals surface area contributed by atoms with E-state index in [4.69, 9.17) is 9.84 Å². The number of halogens is 1. The van der Waals surface area contributed by atoms with Crippen molar-refractivity contribution in [2.45, 2.75) is 0 Å². The van der Waals surface area contributed by atoms with Crippen molar-refractivity contribution < 1.29 is 24.1 Å². The van der Waals surface area contributed by atoms with Gasteiger partial charge in [-0.05, 0) is 24.3 Å². The van der Waals surface area contributed by atoms with Crippen molar-refractivity contribution in [1.82, 2.24) is 0 Å². The summed E-state index contributed by atoms with van der Waals surface area (Å²) in [5, 5.41) is 21.1. The average molecular weight is 277 g/mol. The molecule has 5 nitrogen and oxygen atoms in total. The number of benzene rings is 2. The molecule has 6 heteroatoms. The molecule has 2 aromatic carbocycles. The Morgan fingerprint density at radius 3 is 2.55 bits per heavy atom. The third-order valence-corrected chi connectivity index (χ3v) is 2.65. The van der Waals surface area contributed by atoms with E-state index in [9.17, 15) is 14.3 Å². The molecule has 0 bridgehead atoms. The Kier molecular flexibility index (Phi) is 3.74. The minimum absolute atomic E-state index is 0.0155. The van der Waals surface area contributed by atoms with Crippen LogP contribution in [0, 0.1) is 5.82 Å². The fourth-order valence-corrected chi connectivity index (χ4v) is 1.63. The highest BCUT2D eigenvalue weighted by Crippen LogP contribution is 2.25. The number of carbonyl (C=O) groups excluding carboxylic acids is 1. The first-order valence-corrected chi connectivity index (χ1v) is 5.68. The van der Waals surface area contributed by atoms with Crippen LogP contribution in [0.25, 0.3) is 0 Å². The monoisotopic (exact) mass is 277 g/mol. The predicted octanol–water partition coefficient (Wildman–Crippen LogP) is 2.50. The first-order chi connectivity index (χ1) is 9.51. The van der Waals surface area contributed by atoms with E-state index in [2.05, 4.69) is 5.32 Å². The van der Waals surface area contributed by atoms with Gasteiger partial charge in [0.2, 0.25) is 0 Å². The van der Waals surface area contributed by atoms with Crippen LogP contribution in [0.15, 0.2) is 36.4 Å². The van der Waals surface area contributed by atoms with Gasteiger partial charge in [0.15, 0.2) is 0 Å². The number of ether oxygens (including phenoxy) is 1. The molecule has 2 rings (SSSR count). The van der Waals surface area contributed by atoms with Crippen molar-refractivity contribution >= 4 is 11.6 Å². The number of amides is 1. The summed E-state index contributed by atoms with van der Waals surface area (Å²) in [5.41, 5.74) is -0.110. The summed E-state index contributed by atoms with van der Waals surface area (Å²) in [6.45, 7) is 0. The van der Waals surface area contributed by atoms with Crippen LogP contribution in [0.5, 0.6) is 17.2 Å². The highest BCUT2D eigenvalue weighted by molar-refractivity contribution is 6.06. The largest absolute Gasteiger partial charge is 0.508 e. The van der Waals surface area contributed by atoms with Crippen LogP contribution >= 0.6 is 0 Å². The number of carbonyl (C=O) groups is 1. The lowest BCUT2D eigenvalue weighted by Crippen LogP contribution is -2.13. The number of hydrogen-bond donors (Lipinski definition) is 3. The van der Waals surface area contributed by atoms with E-state index in [1.54, 1.807) is 0 Å². The Hall–Kier alpha value is -2.76. The highest BCUT2D eigenvalue weighted by atomic mass is 19.1. The molecule has 0 fully saturated rings. The summed E-state index contributed by atoms with van der Waals surface area (Å²) in [4.78, 5) is 11.9. The van der Waals surface area contributed by atoms with Crippen LogP contribution in [0.3, 0.4) is 0 Å². The number of aromatic hydroxyl groups is 2. The van der Waals surface area contributed by atoms with Gasteiger partial charge >= 0.3 is 0 Å². The van der Waals surface area contributed by atoms with Crippen LogP contribution in [0.2, 0.25) is 0 Å². The molecule has 0 aliphatic carbocycles. The first kappa shape index (κ1) is 13.7. The van der Waals surface area contributed by atoms with Gasteiger partial charge in [-0.15, -0.1) is 0 Å². The topological polar surface area (TPSA) is 78.8 Å². The van der Waals surface area contributed by atoms with Crippen molar-refractivity contribution in [3.63, 3.8) is 0 Å². The van der Waals surface area contributed by atoms with Crippen molar-refractivity contribution in [2.75, 3.05) is 12.4 Å². The number of phenolic OH excluding ortho intramolecular Hbond substituents is 2. The van der Waals surface area contributed by atoms with E-state index in [0.29, 0.717) is 5.75 Å². The quantitative estimate of drug-likeness (QED) is 0.753. The molecular formula is C14H12FNO4. The van der Waals surface area contributed by atoms with Crippen LogP contribution in [-0.2, 0) is 0 Å². The molecule has 0 aromatic heterocycles. The van der Waals surface area contributed by atoms with Gasteiger partial charge in [-0.3, -0.25) is 4.79 Å². The summed E-state index contributed by atoms with van der Waals surface area (Å²) in [5.74, 6) is -1.57. The zero-order valence-electron chi connectivity index (χ0n) is 10.6. The second kappa shape index (κ2) is 5.48. The van der Waals surface area contributed by atoms with Gasteiger partial charge in [-0.2, -0.15) is 0 Å². The second-order valence-corrected chi connectivity index (χ2v) is 4.00. The Bertz CT molecular complexity index is 658. The molecule has 0 atom stereocenters. The van der Waals surface area contributed by atoms with Gasteiger partial charge in [-0.25, -0.2) is 4.39 Å². The minimum atomic E-state index is -0.772. The molecule has 0 saturated carbocycles. The summed E-state index contributed by atoms with van der Waals surface area (Å²) in [6, 6.07) is 7.49. The molecule has 0 radical (unpaired) electrons. The Labute approximate surface area is 114 Å². The summed E-state index contributed by atoms with van der Waals surface area (Å²) < 4.78 is 18.4. The zero-order valence-corrected chi connectivity index (χ0v) is 10.6. The molecule has 0 heterocycles. The summed E-state index contributed by atoms with van der Waals surface area (Å²) in [7, 11) is 1.43. The third-order valence-electron chi connectivity index (χ3n) is 2.65. The number of phenols is 2. The summed E-state index contributed by atoms with van der Waals surface area (Å²) >= 11 is 0. The van der Waals surface area contributed by atoms with Gasteiger partial charge in [0.1, 0.15) is 23.1 Å². The fourth-order valence-electron chi connectivity index (χ4n) is 1.63. The van der Waals surface area contributed by atoms with Gasteiger partial charge < -0.3 is 20.3 Å². The number of hydrogen-bond acceptors (Lipinski definition) is 4. The molecule has 3 N–H and O–H groups in total. The van der Waals surface area contributed by atoms with Gasteiger partial charge in [0.05, 0.1) is 18.4 Å². The molecule has 20 heavy (non-hydrogen) atoms. The van der Waals surface area contributed by atoms with E-state index in [-0.39, 0.29) is 22.7 Å². The van der Waals surface area contributed by atoms with Crippen molar-refractivity contribution in [3.05, 3.63) is 47.8 Å². The lowest BCUT2D eigenvalue weighted by atomic mass is 10.1. The molecule has 0 aliphatic rings. The maximum atomic E-state index is 13.5. The van der Waals surface area contributed by atoms with Crippen LogP contribution in [0.4, 0.5) is 10.1 Å². The Morgan fingerprint density at radius 2 is 1.95 bits per heavy atom. The standard InChI is InChI=1S/C14H12FNO4/c1-20-9-3-4-10(13(18)7-9)14(19)16-12-5-2-8(17)6-11(12)15/h2-7,17-18H,1H3,(H,16,19). The molecule has 2 aromatic rings. The molecule has 0 unspecified atom stereocenters. The van der Waals surface area contributed by atoms with E-state index >= 15 is 0 Å². The zero-order chi connectivity index (χ0) is 14.7. The van der Waals surface area contributed by atoms with Crippen LogP contribution < -0.4 is 10.1 Å². The highest BCUT2D eigenvalue weighted by Gasteiger charge is 2.14. The van der Waals surface area contributed by atoms with E-state index in [0.717, 1.165) is 6.07 Å². The maximum absolute atomic E-state index is 13.5. The lowest BCUT2D eigenvalue weighted by molar-refractivity contribution is 0.102. The average Bonchev–Trinajstić information content (AvgIpc) is 2.41. The molecular weight excluding hydrogens is 265 g/mol. The summed E-state index contributed by atoms with van der Waals surface area (Å²) in [6.07, 6.45) is 0. The van der Waals surface area contributed by atoms with Crippen molar-refractivity contribution in [1.29, 1.82) is 0 Å². The van der Waals surface area contributed by atoms with Crippen LogP contribution in [0.1, 0.15) is 10.4 Å². The van der Waals surface area contributed by atoms with Crippen molar-refractivity contribution in [2.24, 2.45) is 0 Å². The number of anilines is 1. The molecule has 0 spiro atoms. The molecule has 104 valence electrons. The Balaban J connectivity index is 2.24. The number of nitrogens with one attached hydrogen (secondary N) is 1. The lowest BCUT2D eigenvalue weighted by Gasteiger charge is -2.09. The minimum Gasteiger partial charge on any atom is -0.508 e. The normalized spacial score (nSPS) is 10.1. The Morgan fingerprint density at radius 1 is 1.20 bits per heavy atom. The third kappa shape index (κ3) is 2.80. The van der Waals surface area contributed by atoms with Gasteiger partial charge in [-0.1, -0.05) is 0 Å². The second-order valence-electron chi connectivity index (χ2n) is 4.00. The number of methoxy groups -OCH3 is 1. The van der Waals surface area contributed by atoms with E-state index in [1.807, 2.05) is 0 Å². The van der Waals surface area contributed by atoms with E-state index < -0.39 is 11.7 Å². The number of rotatable bonds is 3. The van der Waals surface area contributed by atoms with Crippen LogP contribution in [-0.4, -0.2) is 23.2 Å². The smallest absolute Gasteiger partial charge is 0.259 e. The maximum Gasteiger partial charge on any atom is 0.259 e.